The maximum absolute atomic E-state index is 13.3. The molecule has 3 nitrogen and oxygen atoms in total. The molecule has 1 aliphatic rings. The molecule has 0 bridgehead atoms. The van der Waals surface area contributed by atoms with E-state index in [1.807, 2.05) is 0 Å². The third-order valence-corrected chi connectivity index (χ3v) is 3.58. The summed E-state index contributed by atoms with van der Waals surface area (Å²) in [5, 5.41) is 12.4. The van der Waals surface area contributed by atoms with Gasteiger partial charge in [-0.3, -0.25) is 4.79 Å². The van der Waals surface area contributed by atoms with Gasteiger partial charge in [0, 0.05) is 18.0 Å². The molecule has 2 atom stereocenters. The Bertz CT molecular complexity index is 447. The van der Waals surface area contributed by atoms with Gasteiger partial charge in [-0.05, 0) is 37.5 Å². The van der Waals surface area contributed by atoms with Gasteiger partial charge in [0.25, 0.3) is 5.91 Å². The molecule has 2 rings (SSSR count). The fourth-order valence-corrected chi connectivity index (χ4v) is 2.32. The second-order valence-corrected chi connectivity index (χ2v) is 4.93. The van der Waals surface area contributed by atoms with Gasteiger partial charge in [0.1, 0.15) is 5.82 Å². The van der Waals surface area contributed by atoms with Crippen molar-refractivity contribution in [3.63, 3.8) is 0 Å². The molecule has 1 saturated carbocycles. The molecule has 18 heavy (non-hydrogen) atoms. The molecule has 0 aromatic heterocycles. The van der Waals surface area contributed by atoms with Crippen molar-refractivity contribution in [3.05, 3.63) is 35.1 Å². The van der Waals surface area contributed by atoms with E-state index >= 15 is 0 Å². The first kappa shape index (κ1) is 13.0. The number of rotatable bonds is 3. The Morgan fingerprint density at radius 2 is 2.28 bits per heavy atom. The molecular weight excluding hydrogens is 233 g/mol. The highest BCUT2D eigenvalue weighted by molar-refractivity contribution is 5.94. The van der Waals surface area contributed by atoms with Crippen LogP contribution in [0.1, 0.15) is 35.2 Å². The summed E-state index contributed by atoms with van der Waals surface area (Å²) in [5.41, 5.74) is 0.850. The van der Waals surface area contributed by atoms with Crippen LogP contribution in [0.4, 0.5) is 4.39 Å². The summed E-state index contributed by atoms with van der Waals surface area (Å²) in [7, 11) is 0. The number of carbonyl (C=O) groups is 1. The standard InChI is InChI=1S/C14H18FNO2/c1-9-5-6-10(7-12(9)15)14(18)16-8-11-3-2-4-13(11)17/h5-7,11,13,17H,2-4,8H2,1H3,(H,16,18). The number of benzene rings is 1. The lowest BCUT2D eigenvalue weighted by Gasteiger charge is -2.15. The summed E-state index contributed by atoms with van der Waals surface area (Å²) in [5.74, 6) is -0.527. The van der Waals surface area contributed by atoms with E-state index in [1.165, 1.54) is 6.07 Å². The zero-order valence-corrected chi connectivity index (χ0v) is 10.4. The maximum atomic E-state index is 13.3. The molecule has 1 amide bonds. The number of aliphatic hydroxyl groups excluding tert-OH is 1. The van der Waals surface area contributed by atoms with Crippen LogP contribution in [0.5, 0.6) is 0 Å². The third-order valence-electron chi connectivity index (χ3n) is 3.58. The fraction of sp³-hybridized carbons (Fsp3) is 0.500. The van der Waals surface area contributed by atoms with Crippen molar-refractivity contribution in [2.45, 2.75) is 32.3 Å². The monoisotopic (exact) mass is 251 g/mol. The minimum atomic E-state index is -0.372. The molecule has 0 saturated heterocycles. The van der Waals surface area contributed by atoms with Gasteiger partial charge in [-0.1, -0.05) is 12.5 Å². The summed E-state index contributed by atoms with van der Waals surface area (Å²) in [6.45, 7) is 2.11. The molecule has 1 aromatic rings. The van der Waals surface area contributed by atoms with Crippen LogP contribution in [-0.2, 0) is 0 Å². The SMILES string of the molecule is Cc1ccc(C(=O)NCC2CCCC2O)cc1F. The fourth-order valence-electron chi connectivity index (χ4n) is 2.32. The van der Waals surface area contributed by atoms with Crippen molar-refractivity contribution < 1.29 is 14.3 Å². The van der Waals surface area contributed by atoms with Gasteiger partial charge in [0.15, 0.2) is 0 Å². The van der Waals surface area contributed by atoms with Crippen molar-refractivity contribution in [2.75, 3.05) is 6.54 Å². The predicted octanol–water partition coefficient (Wildman–Crippen LogP) is 2.02. The van der Waals surface area contributed by atoms with E-state index in [0.717, 1.165) is 19.3 Å². The van der Waals surface area contributed by atoms with E-state index < -0.39 is 0 Å². The number of carbonyl (C=O) groups excluding carboxylic acids is 1. The summed E-state index contributed by atoms with van der Waals surface area (Å²) < 4.78 is 13.3. The van der Waals surface area contributed by atoms with Crippen LogP contribution in [0.15, 0.2) is 18.2 Å². The van der Waals surface area contributed by atoms with Crippen LogP contribution >= 0.6 is 0 Å². The lowest BCUT2D eigenvalue weighted by atomic mass is 10.1. The normalized spacial score (nSPS) is 23.1. The largest absolute Gasteiger partial charge is 0.393 e. The predicted molar refractivity (Wildman–Crippen MR) is 66.8 cm³/mol. The van der Waals surface area contributed by atoms with E-state index in [-0.39, 0.29) is 23.7 Å². The number of aryl methyl sites for hydroxylation is 1. The van der Waals surface area contributed by atoms with Crippen molar-refractivity contribution in [2.24, 2.45) is 5.92 Å². The zero-order chi connectivity index (χ0) is 13.1. The Morgan fingerprint density at radius 3 is 2.89 bits per heavy atom. The minimum absolute atomic E-state index is 0.129. The van der Waals surface area contributed by atoms with Crippen LogP contribution in [0.2, 0.25) is 0 Å². The molecule has 2 N–H and O–H groups in total. The van der Waals surface area contributed by atoms with E-state index in [4.69, 9.17) is 0 Å². The second kappa shape index (κ2) is 5.48. The van der Waals surface area contributed by atoms with Crippen molar-refractivity contribution >= 4 is 5.91 Å². The maximum Gasteiger partial charge on any atom is 0.251 e. The molecule has 4 heteroatoms. The van der Waals surface area contributed by atoms with Crippen LogP contribution in [0.25, 0.3) is 0 Å². The summed E-state index contributed by atoms with van der Waals surface area (Å²) in [6.07, 6.45) is 2.42. The highest BCUT2D eigenvalue weighted by Gasteiger charge is 2.25. The molecule has 1 fully saturated rings. The molecule has 0 spiro atoms. The Morgan fingerprint density at radius 1 is 1.50 bits per heavy atom. The number of halogens is 1. The molecular formula is C14H18FNO2. The van der Waals surface area contributed by atoms with Gasteiger partial charge < -0.3 is 10.4 Å². The molecule has 0 aliphatic heterocycles. The zero-order valence-electron chi connectivity index (χ0n) is 10.4. The lowest BCUT2D eigenvalue weighted by molar-refractivity contribution is 0.0916. The van der Waals surface area contributed by atoms with Gasteiger partial charge in [-0.25, -0.2) is 4.39 Å². The number of aliphatic hydroxyl groups is 1. The Labute approximate surface area is 106 Å². The Hall–Kier alpha value is -1.42. The van der Waals surface area contributed by atoms with Crippen LogP contribution in [0.3, 0.4) is 0 Å². The van der Waals surface area contributed by atoms with Crippen LogP contribution in [0, 0.1) is 18.7 Å². The number of hydrogen-bond acceptors (Lipinski definition) is 2. The van der Waals surface area contributed by atoms with Gasteiger partial charge in [0.2, 0.25) is 0 Å². The van der Waals surface area contributed by atoms with Crippen LogP contribution in [-0.4, -0.2) is 23.7 Å². The first-order valence-corrected chi connectivity index (χ1v) is 6.30. The van der Waals surface area contributed by atoms with Crippen molar-refractivity contribution in [3.8, 4) is 0 Å². The van der Waals surface area contributed by atoms with E-state index in [0.29, 0.717) is 17.7 Å². The van der Waals surface area contributed by atoms with E-state index in [9.17, 15) is 14.3 Å². The lowest BCUT2D eigenvalue weighted by Crippen LogP contribution is -2.32. The average molecular weight is 251 g/mol. The summed E-state index contributed by atoms with van der Waals surface area (Å²) in [4.78, 5) is 11.8. The number of hydrogen-bond donors (Lipinski definition) is 2. The molecule has 1 aromatic carbocycles. The highest BCUT2D eigenvalue weighted by Crippen LogP contribution is 2.24. The minimum Gasteiger partial charge on any atom is -0.393 e. The molecule has 98 valence electrons. The van der Waals surface area contributed by atoms with Gasteiger partial charge >= 0.3 is 0 Å². The molecule has 0 heterocycles. The topological polar surface area (TPSA) is 49.3 Å². The molecule has 2 unspecified atom stereocenters. The first-order valence-electron chi connectivity index (χ1n) is 6.30. The van der Waals surface area contributed by atoms with Gasteiger partial charge in [-0.15, -0.1) is 0 Å². The van der Waals surface area contributed by atoms with Crippen molar-refractivity contribution in [1.82, 2.24) is 5.32 Å². The molecule has 1 aliphatic carbocycles. The van der Waals surface area contributed by atoms with Crippen molar-refractivity contribution in [1.29, 1.82) is 0 Å². The smallest absolute Gasteiger partial charge is 0.251 e. The van der Waals surface area contributed by atoms with E-state index in [1.54, 1.807) is 19.1 Å². The Balaban J connectivity index is 1.93. The first-order chi connectivity index (χ1) is 8.58. The summed E-state index contributed by atoms with van der Waals surface area (Å²) in [6, 6.07) is 4.45. The van der Waals surface area contributed by atoms with Gasteiger partial charge in [-0.2, -0.15) is 0 Å². The number of amides is 1. The highest BCUT2D eigenvalue weighted by atomic mass is 19.1. The third kappa shape index (κ3) is 2.88. The van der Waals surface area contributed by atoms with E-state index in [2.05, 4.69) is 5.32 Å². The number of nitrogens with one attached hydrogen (secondary N) is 1. The Kier molecular flexibility index (Phi) is 3.97. The second-order valence-electron chi connectivity index (χ2n) is 4.93. The van der Waals surface area contributed by atoms with Gasteiger partial charge in [0.05, 0.1) is 6.10 Å². The molecule has 0 radical (unpaired) electrons. The van der Waals surface area contributed by atoms with Crippen LogP contribution < -0.4 is 5.32 Å². The average Bonchev–Trinajstić information content (AvgIpc) is 2.75. The summed E-state index contributed by atoms with van der Waals surface area (Å²) >= 11 is 0. The quantitative estimate of drug-likeness (QED) is 0.863.